The van der Waals surface area contributed by atoms with E-state index < -0.39 is 0 Å². The first kappa shape index (κ1) is 34.1. The van der Waals surface area contributed by atoms with Gasteiger partial charge in [-0.05, 0) is 132 Å². The highest BCUT2D eigenvalue weighted by Crippen LogP contribution is 2.70. The molecule has 1 aliphatic heterocycles. The summed E-state index contributed by atoms with van der Waals surface area (Å²) in [4.78, 5) is 18.2. The van der Waals surface area contributed by atoms with Gasteiger partial charge in [-0.2, -0.15) is 0 Å². The number of aromatic nitrogens is 3. The van der Waals surface area contributed by atoms with Gasteiger partial charge in [0.15, 0.2) is 29.0 Å². The maximum absolute atomic E-state index is 6.28. The molecule has 0 N–H and O–H groups in total. The molecule has 0 amide bonds. The van der Waals surface area contributed by atoms with Crippen LogP contribution in [0.2, 0.25) is 0 Å². The van der Waals surface area contributed by atoms with E-state index in [0.29, 0.717) is 23.5 Å². The molecule has 6 aliphatic rings. The molecule has 0 unspecified atom stereocenters. The fourth-order valence-corrected chi connectivity index (χ4v) is 12.4. The van der Waals surface area contributed by atoms with E-state index in [2.05, 4.69) is 144 Å². The molecule has 288 valence electrons. The maximum Gasteiger partial charge on any atom is 0.164 e. The van der Waals surface area contributed by atoms with Crippen LogP contribution in [-0.2, 0) is 5.41 Å². The first-order valence-electron chi connectivity index (χ1n) is 21.6. The number of rotatable bonds is 5. The third-order valence-electron chi connectivity index (χ3n) is 14.5. The summed E-state index contributed by atoms with van der Waals surface area (Å²) in [5.41, 5.74) is 14.2. The van der Waals surface area contributed by atoms with Gasteiger partial charge in [-0.25, -0.2) is 15.0 Å². The second-order valence-corrected chi connectivity index (χ2v) is 17.6. The molecular weight excluding hydrogens is 733 g/mol. The Labute approximate surface area is 350 Å². The average Bonchev–Trinajstić information content (AvgIpc) is 3.61. The van der Waals surface area contributed by atoms with Crippen LogP contribution >= 0.6 is 0 Å². The lowest BCUT2D eigenvalue weighted by Crippen LogP contribution is -2.55. The van der Waals surface area contributed by atoms with Crippen LogP contribution in [0.5, 0.6) is 11.5 Å². The highest BCUT2D eigenvalue weighted by Gasteiger charge is 2.61. The van der Waals surface area contributed by atoms with Crippen molar-refractivity contribution >= 4 is 17.1 Å². The highest BCUT2D eigenvalue weighted by molar-refractivity contribution is 5.92. The minimum absolute atomic E-state index is 0.0753. The van der Waals surface area contributed by atoms with E-state index in [9.17, 15) is 0 Å². The lowest BCUT2D eigenvalue weighted by atomic mass is 9.43. The normalized spacial score (nSPS) is 22.5. The largest absolute Gasteiger partial charge is 0.453 e. The number of ether oxygens (including phenoxy) is 1. The standard InChI is InChI=1S/C55H42N4O/c1-2-12-37(13-3-1)52-56-53(39-15-10-14-38(33-39)36-24-26-42(27-25-36)59-47-20-6-8-22-49(47)60-50-23-9-7-21-48(50)59)58-54(57-52)44-17-11-19-46-51(44)43-16-4-5-18-45(43)55(46)40-29-34-28-35(31-40)32-41(55)30-34/h1-27,33-35,40-41H,28-32H2. The van der Waals surface area contributed by atoms with Crippen LogP contribution in [0.4, 0.5) is 17.1 Å². The van der Waals surface area contributed by atoms with Crippen molar-refractivity contribution in [1.82, 2.24) is 15.0 Å². The molecule has 5 nitrogen and oxygen atoms in total. The maximum atomic E-state index is 6.28. The topological polar surface area (TPSA) is 51.1 Å². The van der Waals surface area contributed by atoms with Gasteiger partial charge < -0.3 is 9.64 Å². The zero-order valence-electron chi connectivity index (χ0n) is 33.2. The minimum atomic E-state index is 0.0753. The van der Waals surface area contributed by atoms with Crippen molar-refractivity contribution in [3.05, 3.63) is 181 Å². The summed E-state index contributed by atoms with van der Waals surface area (Å²) in [6.07, 6.45) is 6.86. The van der Waals surface area contributed by atoms with Crippen LogP contribution in [0.3, 0.4) is 0 Å². The van der Waals surface area contributed by atoms with E-state index in [-0.39, 0.29) is 5.41 Å². The Kier molecular flexibility index (Phi) is 7.42. The van der Waals surface area contributed by atoms with Gasteiger partial charge in [0.1, 0.15) is 0 Å². The Morgan fingerprint density at radius 2 is 0.983 bits per heavy atom. The van der Waals surface area contributed by atoms with Crippen molar-refractivity contribution in [3.63, 3.8) is 0 Å². The van der Waals surface area contributed by atoms with Crippen molar-refractivity contribution in [2.45, 2.75) is 37.5 Å². The number of nitrogens with zero attached hydrogens (tertiary/aromatic N) is 4. The van der Waals surface area contributed by atoms with Crippen LogP contribution in [0.15, 0.2) is 170 Å². The van der Waals surface area contributed by atoms with E-state index in [1.54, 1.807) is 5.56 Å². The molecule has 5 aliphatic carbocycles. The van der Waals surface area contributed by atoms with Crippen LogP contribution in [0.25, 0.3) is 56.4 Å². The molecule has 8 aromatic rings. The molecular formula is C55H42N4O. The van der Waals surface area contributed by atoms with E-state index in [1.165, 1.54) is 48.8 Å². The summed E-state index contributed by atoms with van der Waals surface area (Å²) in [7, 11) is 0. The minimum Gasteiger partial charge on any atom is -0.453 e. The summed E-state index contributed by atoms with van der Waals surface area (Å²) in [5.74, 6) is 6.95. The average molecular weight is 775 g/mol. The Balaban J connectivity index is 0.919. The Bertz CT molecular complexity index is 2920. The second-order valence-electron chi connectivity index (χ2n) is 17.6. The molecule has 4 bridgehead atoms. The summed E-state index contributed by atoms with van der Waals surface area (Å²) < 4.78 is 6.28. The molecule has 5 heteroatoms. The van der Waals surface area contributed by atoms with Crippen LogP contribution < -0.4 is 9.64 Å². The first-order chi connectivity index (χ1) is 29.7. The van der Waals surface area contributed by atoms with E-state index in [1.807, 2.05) is 30.3 Å². The van der Waals surface area contributed by atoms with E-state index in [4.69, 9.17) is 19.7 Å². The van der Waals surface area contributed by atoms with Gasteiger partial charge in [0.2, 0.25) is 0 Å². The number of fused-ring (bicyclic) bond motifs is 5. The predicted octanol–water partition coefficient (Wildman–Crippen LogP) is 13.8. The van der Waals surface area contributed by atoms with E-state index in [0.717, 1.165) is 74.0 Å². The molecule has 0 radical (unpaired) electrons. The SMILES string of the molecule is c1ccc(-c2nc(-c3cccc(-c4ccc(N5c6ccccc6Oc6ccccc65)cc4)c3)nc(-c3cccc4c3-c3ccccc3C43C4CC5CC(C4)CC3C5)n2)cc1. The van der Waals surface area contributed by atoms with Crippen molar-refractivity contribution in [2.75, 3.05) is 4.90 Å². The number of benzene rings is 7. The van der Waals surface area contributed by atoms with Crippen molar-refractivity contribution in [1.29, 1.82) is 0 Å². The van der Waals surface area contributed by atoms with Crippen LogP contribution in [0, 0.1) is 23.7 Å². The van der Waals surface area contributed by atoms with Crippen LogP contribution in [0.1, 0.15) is 43.2 Å². The van der Waals surface area contributed by atoms with Crippen LogP contribution in [-0.4, -0.2) is 15.0 Å². The molecule has 60 heavy (non-hydrogen) atoms. The summed E-state index contributed by atoms with van der Waals surface area (Å²) in [5, 5.41) is 0. The molecule has 0 saturated heterocycles. The summed E-state index contributed by atoms with van der Waals surface area (Å²) in [6.45, 7) is 0. The highest BCUT2D eigenvalue weighted by atomic mass is 16.5. The monoisotopic (exact) mass is 774 g/mol. The fraction of sp³-hybridized carbons (Fsp3) is 0.182. The second kappa shape index (κ2) is 13.1. The number of hydrogen-bond donors (Lipinski definition) is 0. The zero-order valence-corrected chi connectivity index (χ0v) is 33.2. The molecule has 1 spiro atoms. The molecule has 0 atom stereocenters. The summed E-state index contributed by atoms with van der Waals surface area (Å²) >= 11 is 0. The van der Waals surface area contributed by atoms with Gasteiger partial charge in [0.05, 0.1) is 11.4 Å². The molecule has 1 aromatic heterocycles. The number of anilines is 3. The van der Waals surface area contributed by atoms with Gasteiger partial charge >= 0.3 is 0 Å². The van der Waals surface area contributed by atoms with Gasteiger partial charge in [0.25, 0.3) is 0 Å². The fourth-order valence-electron chi connectivity index (χ4n) is 12.4. The van der Waals surface area contributed by atoms with Gasteiger partial charge in [-0.15, -0.1) is 0 Å². The smallest absolute Gasteiger partial charge is 0.164 e. The number of hydrogen-bond acceptors (Lipinski definition) is 5. The number of para-hydroxylation sites is 4. The third kappa shape index (κ3) is 5.02. The molecule has 4 fully saturated rings. The molecule has 7 aromatic carbocycles. The molecule has 14 rings (SSSR count). The van der Waals surface area contributed by atoms with Gasteiger partial charge in [0, 0.05) is 27.8 Å². The Morgan fingerprint density at radius 1 is 0.433 bits per heavy atom. The molecule has 2 heterocycles. The van der Waals surface area contributed by atoms with E-state index >= 15 is 0 Å². The Morgan fingerprint density at radius 3 is 1.72 bits per heavy atom. The van der Waals surface area contributed by atoms with Gasteiger partial charge in [-0.3, -0.25) is 0 Å². The first-order valence-corrected chi connectivity index (χ1v) is 21.6. The third-order valence-corrected chi connectivity index (χ3v) is 14.5. The quantitative estimate of drug-likeness (QED) is 0.174. The van der Waals surface area contributed by atoms with Gasteiger partial charge in [-0.1, -0.05) is 127 Å². The van der Waals surface area contributed by atoms with Crippen molar-refractivity contribution in [2.24, 2.45) is 23.7 Å². The predicted molar refractivity (Wildman–Crippen MR) is 240 cm³/mol. The van der Waals surface area contributed by atoms with Crippen molar-refractivity contribution < 1.29 is 4.74 Å². The van der Waals surface area contributed by atoms with Crippen molar-refractivity contribution in [3.8, 4) is 67.9 Å². The Hall–Kier alpha value is -6.85. The molecule has 4 saturated carbocycles. The summed E-state index contributed by atoms with van der Waals surface area (Å²) in [6, 6.07) is 60.5. The zero-order chi connectivity index (χ0) is 39.4. The lowest BCUT2D eigenvalue weighted by molar-refractivity contribution is -0.0399. The lowest BCUT2D eigenvalue weighted by Gasteiger charge is -2.61.